The lowest BCUT2D eigenvalue weighted by atomic mass is 10.3. The van der Waals surface area contributed by atoms with Crippen molar-refractivity contribution in [3.8, 4) is 0 Å². The molecule has 0 aliphatic carbocycles. The molecule has 0 bridgehead atoms. The van der Waals surface area contributed by atoms with Crippen LogP contribution in [-0.4, -0.2) is 4.98 Å². The minimum atomic E-state index is 0.921. The number of hydrogen-bond donors (Lipinski definition) is 1. The van der Waals surface area contributed by atoms with Gasteiger partial charge in [-0.1, -0.05) is 27.7 Å². The lowest BCUT2D eigenvalue weighted by molar-refractivity contribution is 1.19. The molecule has 1 nitrogen and oxygen atoms in total. The van der Waals surface area contributed by atoms with Gasteiger partial charge in [0, 0.05) is 17.3 Å². The van der Waals surface area contributed by atoms with E-state index in [0.29, 0.717) is 0 Å². The maximum absolute atomic E-state index is 4.09. The predicted molar refractivity (Wildman–Crippen MR) is 58.9 cm³/mol. The van der Waals surface area contributed by atoms with Crippen LogP contribution in [0.4, 0.5) is 0 Å². The fourth-order valence-corrected chi connectivity index (χ4v) is 0.809. The molecule has 0 atom stereocenters. The van der Waals surface area contributed by atoms with Gasteiger partial charge in [-0.2, -0.15) is 0 Å². The Balaban J connectivity index is 0. The summed E-state index contributed by atoms with van der Waals surface area (Å²) >= 11 is 4.09. The van der Waals surface area contributed by atoms with Crippen LogP contribution in [-0.2, 0) is 0 Å². The van der Waals surface area contributed by atoms with Gasteiger partial charge in [-0.05, 0) is 18.6 Å². The highest BCUT2D eigenvalue weighted by Crippen LogP contribution is 2.03. The van der Waals surface area contributed by atoms with Gasteiger partial charge in [-0.25, -0.2) is 0 Å². The minimum Gasteiger partial charge on any atom is -0.263 e. The van der Waals surface area contributed by atoms with Gasteiger partial charge in [0.25, 0.3) is 0 Å². The molecule has 12 heavy (non-hydrogen) atoms. The molecule has 0 saturated carbocycles. The van der Waals surface area contributed by atoms with Crippen LogP contribution in [0.25, 0.3) is 0 Å². The Bertz CT molecular complexity index is 170. The van der Waals surface area contributed by atoms with Crippen molar-refractivity contribution in [3.05, 3.63) is 24.0 Å². The molecule has 2 heteroatoms. The molecule has 0 amide bonds. The third-order valence-electron chi connectivity index (χ3n) is 0.861. The van der Waals surface area contributed by atoms with Crippen molar-refractivity contribution in [2.24, 2.45) is 0 Å². The summed E-state index contributed by atoms with van der Waals surface area (Å²) in [5.41, 5.74) is 1.15. The van der Waals surface area contributed by atoms with Gasteiger partial charge in [-0.3, -0.25) is 4.98 Å². The van der Waals surface area contributed by atoms with Crippen molar-refractivity contribution in [1.82, 2.24) is 4.98 Å². The van der Waals surface area contributed by atoms with Crippen molar-refractivity contribution < 1.29 is 0 Å². The van der Waals surface area contributed by atoms with Gasteiger partial charge in [0.05, 0.1) is 0 Å². The Morgan fingerprint density at radius 2 is 1.58 bits per heavy atom. The molecule has 0 aliphatic heterocycles. The SMILES string of the molecule is CC.CC.Cc1cncc(S)c1. The third-order valence-corrected chi connectivity index (χ3v) is 1.11. The largest absolute Gasteiger partial charge is 0.263 e. The van der Waals surface area contributed by atoms with E-state index in [2.05, 4.69) is 17.6 Å². The summed E-state index contributed by atoms with van der Waals surface area (Å²) < 4.78 is 0. The van der Waals surface area contributed by atoms with E-state index in [9.17, 15) is 0 Å². The molecule has 0 radical (unpaired) electrons. The summed E-state index contributed by atoms with van der Waals surface area (Å²) in [7, 11) is 0. The van der Waals surface area contributed by atoms with Crippen molar-refractivity contribution in [3.63, 3.8) is 0 Å². The molecule has 0 aromatic carbocycles. The second-order valence-corrected chi connectivity index (χ2v) is 2.24. The van der Waals surface area contributed by atoms with E-state index in [1.165, 1.54) is 0 Å². The van der Waals surface area contributed by atoms with Crippen LogP contribution in [0, 0.1) is 6.92 Å². The summed E-state index contributed by atoms with van der Waals surface area (Å²) in [6.07, 6.45) is 3.52. The highest BCUT2D eigenvalue weighted by Gasteiger charge is 1.82. The van der Waals surface area contributed by atoms with Gasteiger partial charge >= 0.3 is 0 Å². The molecule has 0 spiro atoms. The summed E-state index contributed by atoms with van der Waals surface area (Å²) in [6, 6.07) is 1.97. The molecule has 1 heterocycles. The number of rotatable bonds is 0. The van der Waals surface area contributed by atoms with Gasteiger partial charge in [0.15, 0.2) is 0 Å². The van der Waals surface area contributed by atoms with E-state index < -0.39 is 0 Å². The van der Waals surface area contributed by atoms with Crippen molar-refractivity contribution >= 4 is 12.6 Å². The lowest BCUT2D eigenvalue weighted by Crippen LogP contribution is -1.73. The average Bonchev–Trinajstić information content (AvgIpc) is 2.11. The normalized spacial score (nSPS) is 7.17. The van der Waals surface area contributed by atoms with Crippen LogP contribution < -0.4 is 0 Å². The monoisotopic (exact) mass is 185 g/mol. The van der Waals surface area contributed by atoms with Crippen molar-refractivity contribution in [2.45, 2.75) is 39.5 Å². The Kier molecular flexibility index (Phi) is 12.3. The highest BCUT2D eigenvalue weighted by molar-refractivity contribution is 7.80. The molecule has 1 aromatic rings. The number of aryl methyl sites for hydroxylation is 1. The van der Waals surface area contributed by atoms with E-state index in [1.807, 2.05) is 40.7 Å². The Morgan fingerprint density at radius 1 is 1.08 bits per heavy atom. The second kappa shape index (κ2) is 10.5. The molecule has 70 valence electrons. The first-order valence-electron chi connectivity index (χ1n) is 4.39. The molecule has 0 unspecified atom stereocenters. The van der Waals surface area contributed by atoms with E-state index in [0.717, 1.165) is 10.5 Å². The maximum Gasteiger partial charge on any atom is 0.0401 e. The van der Waals surface area contributed by atoms with Gasteiger partial charge in [0.1, 0.15) is 0 Å². The van der Waals surface area contributed by atoms with Crippen LogP contribution in [0.15, 0.2) is 23.4 Å². The lowest BCUT2D eigenvalue weighted by Gasteiger charge is -1.89. The third kappa shape index (κ3) is 7.61. The molecule has 0 aliphatic rings. The van der Waals surface area contributed by atoms with E-state index in [1.54, 1.807) is 12.4 Å². The standard InChI is InChI=1S/C6H7NS.2C2H6/c1-5-2-6(8)4-7-3-5;2*1-2/h2-4,8H,1H3;2*1-2H3. The quantitative estimate of drug-likeness (QED) is 0.608. The van der Waals surface area contributed by atoms with Crippen LogP contribution in [0.2, 0.25) is 0 Å². The first-order valence-corrected chi connectivity index (χ1v) is 4.84. The zero-order chi connectivity index (χ0) is 9.98. The van der Waals surface area contributed by atoms with Crippen LogP contribution in [0.3, 0.4) is 0 Å². The number of nitrogens with zero attached hydrogens (tertiary/aromatic N) is 1. The number of hydrogen-bond acceptors (Lipinski definition) is 2. The Labute approximate surface area is 81.6 Å². The van der Waals surface area contributed by atoms with Crippen LogP contribution >= 0.6 is 12.6 Å². The second-order valence-electron chi connectivity index (χ2n) is 1.72. The minimum absolute atomic E-state index is 0.921. The number of pyridine rings is 1. The first-order chi connectivity index (χ1) is 5.79. The average molecular weight is 185 g/mol. The summed E-state index contributed by atoms with van der Waals surface area (Å²) in [6.45, 7) is 9.99. The topological polar surface area (TPSA) is 12.9 Å². The summed E-state index contributed by atoms with van der Waals surface area (Å²) in [5.74, 6) is 0. The summed E-state index contributed by atoms with van der Waals surface area (Å²) in [4.78, 5) is 4.83. The molecule has 0 saturated heterocycles. The summed E-state index contributed by atoms with van der Waals surface area (Å²) in [5, 5.41) is 0. The predicted octanol–water partition coefficient (Wildman–Crippen LogP) is 3.73. The first kappa shape index (κ1) is 14.0. The molecule has 0 fully saturated rings. The molecule has 1 rings (SSSR count). The van der Waals surface area contributed by atoms with Crippen LogP contribution in [0.5, 0.6) is 0 Å². The van der Waals surface area contributed by atoms with E-state index >= 15 is 0 Å². The Hall–Kier alpha value is -0.500. The Morgan fingerprint density at radius 3 is 1.83 bits per heavy atom. The molecule has 0 N–H and O–H groups in total. The van der Waals surface area contributed by atoms with E-state index in [-0.39, 0.29) is 0 Å². The number of aromatic nitrogens is 1. The smallest absolute Gasteiger partial charge is 0.0401 e. The number of thiol groups is 1. The fraction of sp³-hybridized carbons (Fsp3) is 0.500. The zero-order valence-corrected chi connectivity index (χ0v) is 9.52. The van der Waals surface area contributed by atoms with Gasteiger partial charge in [0.2, 0.25) is 0 Å². The highest BCUT2D eigenvalue weighted by atomic mass is 32.1. The maximum atomic E-state index is 4.09. The molecular formula is C10H19NS. The fourth-order valence-electron chi connectivity index (χ4n) is 0.539. The molecule has 1 aromatic heterocycles. The van der Waals surface area contributed by atoms with E-state index in [4.69, 9.17) is 0 Å². The van der Waals surface area contributed by atoms with Gasteiger partial charge < -0.3 is 0 Å². The molecular weight excluding hydrogens is 166 g/mol. The van der Waals surface area contributed by atoms with Crippen molar-refractivity contribution in [1.29, 1.82) is 0 Å². The zero-order valence-electron chi connectivity index (χ0n) is 8.63. The van der Waals surface area contributed by atoms with Crippen molar-refractivity contribution in [2.75, 3.05) is 0 Å². The van der Waals surface area contributed by atoms with Gasteiger partial charge in [-0.15, -0.1) is 12.6 Å². The van der Waals surface area contributed by atoms with Crippen LogP contribution in [0.1, 0.15) is 33.3 Å².